The lowest BCUT2D eigenvalue weighted by Crippen LogP contribution is -2.16. The molecule has 2 nitrogen and oxygen atoms in total. The highest BCUT2D eigenvalue weighted by Gasteiger charge is 2.22. The van der Waals surface area contributed by atoms with E-state index in [0.717, 1.165) is 28.4 Å². The van der Waals surface area contributed by atoms with Gasteiger partial charge in [0.05, 0.1) is 13.0 Å². The lowest BCUT2D eigenvalue weighted by molar-refractivity contribution is -0.142. The number of rotatable bonds is 6. The molecule has 0 saturated heterocycles. The molecule has 0 aliphatic carbocycles. The van der Waals surface area contributed by atoms with Gasteiger partial charge in [-0.15, -0.1) is 0 Å². The summed E-state index contributed by atoms with van der Waals surface area (Å²) < 4.78 is 5.00. The van der Waals surface area contributed by atoms with Gasteiger partial charge in [0.25, 0.3) is 0 Å². The molecule has 0 saturated carbocycles. The van der Waals surface area contributed by atoms with Gasteiger partial charge in [-0.25, -0.2) is 0 Å². The Balaban J connectivity index is 2.34. The van der Waals surface area contributed by atoms with Crippen LogP contribution in [0.5, 0.6) is 0 Å². The fraction of sp³-hybridized carbons (Fsp3) is 0.350. The molecule has 0 bridgehead atoms. The highest BCUT2D eigenvalue weighted by molar-refractivity contribution is 9.08. The molecular weight excluding hydrogens is 352 g/mol. The largest absolute Gasteiger partial charge is 0.469 e. The maximum Gasteiger partial charge on any atom is 0.313 e. The van der Waals surface area contributed by atoms with E-state index >= 15 is 0 Å². The molecule has 122 valence electrons. The maximum atomic E-state index is 12.2. The van der Waals surface area contributed by atoms with E-state index in [2.05, 4.69) is 66.2 Å². The molecule has 3 heteroatoms. The summed E-state index contributed by atoms with van der Waals surface area (Å²) in [4.78, 5) is 12.2. The summed E-state index contributed by atoms with van der Waals surface area (Å²) in [7, 11) is 1.46. The summed E-state index contributed by atoms with van der Waals surface area (Å²) in [6, 6.07) is 16.7. The number of methoxy groups -OCH3 is 1. The first kappa shape index (κ1) is 17.7. The van der Waals surface area contributed by atoms with Crippen LogP contribution in [0.25, 0.3) is 11.1 Å². The number of hydrogen-bond acceptors (Lipinski definition) is 2. The average molecular weight is 375 g/mol. The van der Waals surface area contributed by atoms with Crippen LogP contribution in [0.1, 0.15) is 37.3 Å². The molecule has 0 heterocycles. The van der Waals surface area contributed by atoms with Crippen LogP contribution in [0.4, 0.5) is 0 Å². The fourth-order valence-electron chi connectivity index (χ4n) is 2.70. The number of halogens is 1. The third-order valence-corrected chi connectivity index (χ3v) is 4.57. The Kier molecular flexibility index (Phi) is 6.40. The van der Waals surface area contributed by atoms with Crippen molar-refractivity contribution in [1.82, 2.24) is 0 Å². The molecule has 0 aliphatic rings. The minimum atomic E-state index is -0.207. The molecule has 2 aromatic carbocycles. The highest BCUT2D eigenvalue weighted by Crippen LogP contribution is 2.29. The Bertz CT molecular complexity index is 647. The van der Waals surface area contributed by atoms with E-state index in [9.17, 15) is 4.79 Å². The molecule has 0 N–H and O–H groups in total. The lowest BCUT2D eigenvalue weighted by Gasteiger charge is -2.18. The molecule has 0 radical (unpaired) electrons. The molecule has 0 fully saturated rings. The van der Waals surface area contributed by atoms with Crippen molar-refractivity contribution in [1.29, 1.82) is 0 Å². The van der Waals surface area contributed by atoms with Crippen molar-refractivity contribution in [3.8, 4) is 11.1 Å². The Morgan fingerprint density at radius 1 is 1.09 bits per heavy atom. The maximum absolute atomic E-state index is 12.2. The zero-order valence-corrected chi connectivity index (χ0v) is 15.5. The van der Waals surface area contributed by atoms with Crippen molar-refractivity contribution in [2.45, 2.75) is 31.5 Å². The van der Waals surface area contributed by atoms with Crippen molar-refractivity contribution < 1.29 is 9.53 Å². The van der Waals surface area contributed by atoms with Gasteiger partial charge >= 0.3 is 5.97 Å². The first-order valence-corrected chi connectivity index (χ1v) is 9.00. The number of esters is 1. The molecule has 0 aliphatic heterocycles. The summed E-state index contributed by atoms with van der Waals surface area (Å²) in [6.07, 6.45) is 0.790. The third kappa shape index (κ3) is 4.68. The standard InChI is InChI=1S/C20H23BrO2/c1-14(2)11-19(20(22)23-3)18-6-4-5-17(12-18)16-9-7-15(13-21)8-10-16/h4-10,12,14,19H,11,13H2,1-3H3. The van der Waals surface area contributed by atoms with Crippen molar-refractivity contribution in [2.24, 2.45) is 5.92 Å². The summed E-state index contributed by atoms with van der Waals surface area (Å²) in [5.74, 6) is 0.0632. The van der Waals surface area contributed by atoms with E-state index in [1.54, 1.807) is 0 Å². The van der Waals surface area contributed by atoms with Gasteiger partial charge in [0.1, 0.15) is 0 Å². The molecule has 0 aromatic heterocycles. The summed E-state index contributed by atoms with van der Waals surface area (Å²) in [5.41, 5.74) is 4.55. The minimum Gasteiger partial charge on any atom is -0.469 e. The second-order valence-corrected chi connectivity index (χ2v) is 6.72. The number of alkyl halides is 1. The number of carbonyl (C=O) groups excluding carboxylic acids is 1. The van der Waals surface area contributed by atoms with E-state index in [0.29, 0.717) is 5.92 Å². The van der Waals surface area contributed by atoms with Crippen molar-refractivity contribution in [3.63, 3.8) is 0 Å². The summed E-state index contributed by atoms with van der Waals surface area (Å²) in [6.45, 7) is 4.25. The van der Waals surface area contributed by atoms with Gasteiger partial charge < -0.3 is 4.74 Å². The number of hydrogen-bond donors (Lipinski definition) is 0. The molecule has 2 rings (SSSR count). The quantitative estimate of drug-likeness (QED) is 0.489. The van der Waals surface area contributed by atoms with E-state index < -0.39 is 0 Å². The van der Waals surface area contributed by atoms with Crippen LogP contribution in [-0.2, 0) is 14.9 Å². The van der Waals surface area contributed by atoms with E-state index in [4.69, 9.17) is 4.74 Å². The van der Waals surface area contributed by atoms with E-state index in [1.807, 2.05) is 12.1 Å². The Hall–Kier alpha value is -1.61. The van der Waals surface area contributed by atoms with E-state index in [1.165, 1.54) is 12.7 Å². The highest BCUT2D eigenvalue weighted by atomic mass is 79.9. The van der Waals surface area contributed by atoms with Gasteiger partial charge in [-0.2, -0.15) is 0 Å². The third-order valence-electron chi connectivity index (χ3n) is 3.92. The van der Waals surface area contributed by atoms with Crippen molar-refractivity contribution in [3.05, 3.63) is 59.7 Å². The second-order valence-electron chi connectivity index (χ2n) is 6.16. The predicted molar refractivity (Wildman–Crippen MR) is 98.7 cm³/mol. The lowest BCUT2D eigenvalue weighted by atomic mass is 9.88. The van der Waals surface area contributed by atoms with Gasteiger partial charge in [-0.1, -0.05) is 78.3 Å². The summed E-state index contributed by atoms with van der Waals surface area (Å²) >= 11 is 3.46. The smallest absolute Gasteiger partial charge is 0.313 e. The molecular formula is C20H23BrO2. The topological polar surface area (TPSA) is 26.3 Å². The monoisotopic (exact) mass is 374 g/mol. The van der Waals surface area contributed by atoms with Gasteiger partial charge in [-0.05, 0) is 34.6 Å². The minimum absolute atomic E-state index is 0.162. The van der Waals surface area contributed by atoms with Gasteiger partial charge in [-0.3, -0.25) is 4.79 Å². The van der Waals surface area contributed by atoms with Gasteiger partial charge in [0.2, 0.25) is 0 Å². The number of ether oxygens (including phenoxy) is 1. The van der Waals surface area contributed by atoms with Gasteiger partial charge in [0, 0.05) is 5.33 Å². The molecule has 1 unspecified atom stereocenters. The average Bonchev–Trinajstić information content (AvgIpc) is 2.59. The first-order chi connectivity index (χ1) is 11.0. The number of carbonyl (C=O) groups is 1. The SMILES string of the molecule is COC(=O)C(CC(C)C)c1cccc(-c2ccc(CBr)cc2)c1. The fourth-order valence-corrected chi connectivity index (χ4v) is 3.08. The van der Waals surface area contributed by atoms with Gasteiger partial charge in [0.15, 0.2) is 0 Å². The zero-order chi connectivity index (χ0) is 16.8. The van der Waals surface area contributed by atoms with Crippen molar-refractivity contribution >= 4 is 21.9 Å². The molecule has 0 spiro atoms. The van der Waals surface area contributed by atoms with E-state index in [-0.39, 0.29) is 11.9 Å². The van der Waals surface area contributed by atoms with Crippen LogP contribution < -0.4 is 0 Å². The van der Waals surface area contributed by atoms with Crippen LogP contribution in [0.2, 0.25) is 0 Å². The molecule has 2 aromatic rings. The van der Waals surface area contributed by atoms with Crippen LogP contribution in [0.3, 0.4) is 0 Å². The zero-order valence-electron chi connectivity index (χ0n) is 13.9. The van der Waals surface area contributed by atoms with Crippen molar-refractivity contribution in [2.75, 3.05) is 7.11 Å². The Morgan fingerprint density at radius 3 is 2.35 bits per heavy atom. The molecule has 1 atom stereocenters. The predicted octanol–water partition coefficient (Wildman–Crippen LogP) is 5.55. The van der Waals surface area contributed by atoms with Crippen LogP contribution in [0.15, 0.2) is 48.5 Å². The summed E-state index contributed by atoms with van der Waals surface area (Å²) in [5, 5.41) is 0.853. The molecule has 23 heavy (non-hydrogen) atoms. The van der Waals surface area contributed by atoms with Crippen LogP contribution >= 0.6 is 15.9 Å². The van der Waals surface area contributed by atoms with Crippen LogP contribution in [-0.4, -0.2) is 13.1 Å². The number of benzene rings is 2. The molecule has 0 amide bonds. The Morgan fingerprint density at radius 2 is 1.78 bits per heavy atom. The second kappa shape index (κ2) is 8.30. The Labute approximate surface area is 147 Å². The normalized spacial score (nSPS) is 12.2. The first-order valence-electron chi connectivity index (χ1n) is 7.88. The van der Waals surface area contributed by atoms with Crippen LogP contribution in [0, 0.1) is 5.92 Å².